The van der Waals surface area contributed by atoms with Gasteiger partial charge in [0.15, 0.2) is 5.65 Å². The molecule has 1 aliphatic heterocycles. The van der Waals surface area contributed by atoms with Crippen molar-refractivity contribution < 1.29 is 22.4 Å². The third-order valence-corrected chi connectivity index (χ3v) is 6.02. The Kier molecular flexibility index (Phi) is 6.69. The van der Waals surface area contributed by atoms with Crippen LogP contribution in [0.3, 0.4) is 0 Å². The first-order valence-electron chi connectivity index (χ1n) is 10.9. The van der Waals surface area contributed by atoms with Gasteiger partial charge in [0, 0.05) is 25.6 Å². The number of halogens is 4. The maximum absolute atomic E-state index is 13.6. The summed E-state index contributed by atoms with van der Waals surface area (Å²) in [6.45, 7) is 1.28. The molecule has 12 heteroatoms. The predicted octanol–water partition coefficient (Wildman–Crippen LogP) is 2.92. The van der Waals surface area contributed by atoms with Gasteiger partial charge in [-0.3, -0.25) is 4.79 Å². The third-order valence-electron chi connectivity index (χ3n) is 6.02. The van der Waals surface area contributed by atoms with Crippen molar-refractivity contribution in [2.45, 2.75) is 25.1 Å². The van der Waals surface area contributed by atoms with Crippen LogP contribution >= 0.6 is 0 Å². The molecule has 0 saturated carbocycles. The minimum atomic E-state index is -4.66. The molecule has 0 bridgehead atoms. The number of nitrogens with one attached hydrogen (secondary N) is 1. The molecule has 1 N–H and O–H groups in total. The number of carbonyl (C=O) groups is 1. The van der Waals surface area contributed by atoms with Gasteiger partial charge < -0.3 is 15.1 Å². The van der Waals surface area contributed by atoms with E-state index in [-0.39, 0.29) is 29.3 Å². The fourth-order valence-corrected chi connectivity index (χ4v) is 4.15. The van der Waals surface area contributed by atoms with E-state index < -0.39 is 12.0 Å². The number of fused-ring (bicyclic) bond motifs is 1. The number of alkyl halides is 3. The molecular formula is C22H25F4N7O. The van der Waals surface area contributed by atoms with Crippen molar-refractivity contribution in [3.05, 3.63) is 53.6 Å². The van der Waals surface area contributed by atoms with Crippen LogP contribution in [-0.2, 0) is 11.0 Å². The standard InChI is InChI=1S/C22H25F4N7O/c1-31(2)17(15-4-3-5-16(23)12-15)13-27-20(34)14-8-10-32(11-9-14)19-7-6-18-28-29-21(22(24,25)26)33(18)30-19/h3-7,12,14,17H,8-11,13H2,1-2H3,(H,27,34). The maximum Gasteiger partial charge on any atom is 0.453 e. The van der Waals surface area contributed by atoms with Gasteiger partial charge in [0.2, 0.25) is 5.91 Å². The summed E-state index contributed by atoms with van der Waals surface area (Å²) in [6, 6.07) is 9.16. The summed E-state index contributed by atoms with van der Waals surface area (Å²) in [5.74, 6) is -1.45. The van der Waals surface area contributed by atoms with E-state index in [1.165, 1.54) is 18.2 Å². The largest absolute Gasteiger partial charge is 0.453 e. The molecule has 1 saturated heterocycles. The normalized spacial score (nSPS) is 16.3. The number of hydrogen-bond donors (Lipinski definition) is 1. The highest BCUT2D eigenvalue weighted by molar-refractivity contribution is 5.79. The van der Waals surface area contributed by atoms with Gasteiger partial charge in [0.05, 0.1) is 6.04 Å². The van der Waals surface area contributed by atoms with Gasteiger partial charge in [-0.2, -0.15) is 17.7 Å². The van der Waals surface area contributed by atoms with E-state index in [0.717, 1.165) is 5.56 Å². The lowest BCUT2D eigenvalue weighted by molar-refractivity contribution is -0.146. The molecule has 2 aromatic heterocycles. The average molecular weight is 479 g/mol. The van der Waals surface area contributed by atoms with Crippen LogP contribution in [0.1, 0.15) is 30.3 Å². The molecule has 8 nitrogen and oxygen atoms in total. The Morgan fingerprint density at radius 3 is 2.56 bits per heavy atom. The highest BCUT2D eigenvalue weighted by atomic mass is 19.4. The number of rotatable bonds is 6. The van der Waals surface area contributed by atoms with Crippen molar-refractivity contribution in [3.8, 4) is 0 Å². The Labute approximate surface area is 193 Å². The topological polar surface area (TPSA) is 78.7 Å². The second-order valence-electron chi connectivity index (χ2n) is 8.52. The molecule has 34 heavy (non-hydrogen) atoms. The third kappa shape index (κ3) is 5.11. The van der Waals surface area contributed by atoms with E-state index in [1.807, 2.05) is 30.0 Å². The molecule has 3 aromatic rings. The van der Waals surface area contributed by atoms with E-state index in [4.69, 9.17) is 0 Å². The summed E-state index contributed by atoms with van der Waals surface area (Å²) in [5.41, 5.74) is 0.785. The molecule has 1 unspecified atom stereocenters. The lowest BCUT2D eigenvalue weighted by Gasteiger charge is -2.32. The van der Waals surface area contributed by atoms with Crippen LogP contribution in [0.5, 0.6) is 0 Å². The molecule has 182 valence electrons. The molecule has 0 aliphatic carbocycles. The molecule has 1 fully saturated rings. The molecule has 1 aromatic carbocycles. The number of aromatic nitrogens is 4. The summed E-state index contributed by atoms with van der Waals surface area (Å²) >= 11 is 0. The lowest BCUT2D eigenvalue weighted by atomic mass is 9.95. The molecule has 1 amide bonds. The van der Waals surface area contributed by atoms with E-state index in [2.05, 4.69) is 20.6 Å². The molecule has 0 radical (unpaired) electrons. The Hall–Kier alpha value is -3.28. The van der Waals surface area contributed by atoms with Gasteiger partial charge in [0.25, 0.3) is 5.82 Å². The Morgan fingerprint density at radius 2 is 1.91 bits per heavy atom. The fraction of sp³-hybridized carbons (Fsp3) is 0.455. The first-order chi connectivity index (χ1) is 16.1. The van der Waals surface area contributed by atoms with Crippen molar-refractivity contribution in [2.75, 3.05) is 38.6 Å². The Balaban J connectivity index is 1.36. The Bertz CT molecular complexity index is 1160. The summed E-state index contributed by atoms with van der Waals surface area (Å²) < 4.78 is 53.7. The van der Waals surface area contributed by atoms with E-state index in [0.29, 0.717) is 42.8 Å². The molecular weight excluding hydrogens is 454 g/mol. The number of piperidine rings is 1. The van der Waals surface area contributed by atoms with Crippen LogP contribution in [0.15, 0.2) is 36.4 Å². The quantitative estimate of drug-likeness (QED) is 0.548. The van der Waals surface area contributed by atoms with Gasteiger partial charge in [-0.15, -0.1) is 15.3 Å². The molecule has 1 atom stereocenters. The second kappa shape index (κ2) is 9.53. The SMILES string of the molecule is CN(C)C(CNC(=O)C1CCN(c2ccc3nnc(C(F)(F)F)n3n2)CC1)c1cccc(F)c1. The zero-order valence-electron chi connectivity index (χ0n) is 18.8. The fourth-order valence-electron chi connectivity index (χ4n) is 4.15. The zero-order chi connectivity index (χ0) is 24.5. The summed E-state index contributed by atoms with van der Waals surface area (Å²) in [5, 5.41) is 13.8. The smallest absolute Gasteiger partial charge is 0.355 e. The van der Waals surface area contributed by atoms with Crippen LogP contribution in [0.4, 0.5) is 23.4 Å². The van der Waals surface area contributed by atoms with Crippen molar-refractivity contribution in [3.63, 3.8) is 0 Å². The number of carbonyl (C=O) groups excluding carboxylic acids is 1. The van der Waals surface area contributed by atoms with E-state index >= 15 is 0 Å². The van der Waals surface area contributed by atoms with Crippen molar-refractivity contribution in [1.29, 1.82) is 0 Å². The summed E-state index contributed by atoms with van der Waals surface area (Å²) in [6.07, 6.45) is -3.59. The van der Waals surface area contributed by atoms with Crippen LogP contribution < -0.4 is 10.2 Å². The number of anilines is 1. The van der Waals surface area contributed by atoms with Gasteiger partial charge in [0.1, 0.15) is 11.6 Å². The minimum absolute atomic E-state index is 0.0130. The van der Waals surface area contributed by atoms with Gasteiger partial charge in [-0.25, -0.2) is 4.39 Å². The average Bonchev–Trinajstić information content (AvgIpc) is 3.23. The van der Waals surface area contributed by atoms with Crippen LogP contribution in [-0.4, -0.2) is 64.3 Å². The highest BCUT2D eigenvalue weighted by Gasteiger charge is 2.38. The molecule has 3 heterocycles. The number of benzene rings is 1. The van der Waals surface area contributed by atoms with Crippen molar-refractivity contribution >= 4 is 17.4 Å². The summed E-state index contributed by atoms with van der Waals surface area (Å²) in [7, 11) is 3.73. The van der Waals surface area contributed by atoms with Gasteiger partial charge in [-0.05, 0) is 56.8 Å². The van der Waals surface area contributed by atoms with Crippen molar-refractivity contribution in [2.24, 2.45) is 5.92 Å². The number of likely N-dealkylation sites (N-methyl/N-ethyl adjacent to an activating group) is 1. The molecule has 0 spiro atoms. The highest BCUT2D eigenvalue weighted by Crippen LogP contribution is 2.29. The number of hydrogen-bond acceptors (Lipinski definition) is 6. The number of nitrogens with zero attached hydrogens (tertiary/aromatic N) is 6. The zero-order valence-corrected chi connectivity index (χ0v) is 18.8. The van der Waals surface area contributed by atoms with Crippen LogP contribution in [0.25, 0.3) is 5.65 Å². The second-order valence-corrected chi connectivity index (χ2v) is 8.52. The van der Waals surface area contributed by atoms with Gasteiger partial charge in [-0.1, -0.05) is 12.1 Å². The first-order valence-corrected chi connectivity index (χ1v) is 10.9. The Morgan fingerprint density at radius 1 is 1.18 bits per heavy atom. The van der Waals surface area contributed by atoms with Crippen LogP contribution in [0, 0.1) is 11.7 Å². The van der Waals surface area contributed by atoms with Crippen LogP contribution in [0.2, 0.25) is 0 Å². The minimum Gasteiger partial charge on any atom is -0.355 e. The maximum atomic E-state index is 13.6. The first kappa shape index (κ1) is 23.9. The van der Waals surface area contributed by atoms with Crippen molar-refractivity contribution in [1.82, 2.24) is 30.0 Å². The molecule has 4 rings (SSSR count). The monoisotopic (exact) mass is 479 g/mol. The number of amides is 1. The van der Waals surface area contributed by atoms with E-state index in [1.54, 1.807) is 12.1 Å². The predicted molar refractivity (Wildman–Crippen MR) is 117 cm³/mol. The van der Waals surface area contributed by atoms with Gasteiger partial charge >= 0.3 is 6.18 Å². The summed E-state index contributed by atoms with van der Waals surface area (Å²) in [4.78, 5) is 16.5. The van der Waals surface area contributed by atoms with E-state index in [9.17, 15) is 22.4 Å². The lowest BCUT2D eigenvalue weighted by Crippen LogP contribution is -2.43. The molecule has 1 aliphatic rings.